The lowest BCUT2D eigenvalue weighted by Gasteiger charge is -2.29. The Kier molecular flexibility index (Phi) is 12.8. The van der Waals surface area contributed by atoms with Gasteiger partial charge in [-0.3, -0.25) is 10.1 Å². The number of benzene rings is 1. The summed E-state index contributed by atoms with van der Waals surface area (Å²) in [4.78, 5) is 23.5. The van der Waals surface area contributed by atoms with Crippen molar-refractivity contribution in [3.63, 3.8) is 0 Å². The molecule has 1 aliphatic heterocycles. The third-order valence-corrected chi connectivity index (χ3v) is 5.89. The van der Waals surface area contributed by atoms with Gasteiger partial charge < -0.3 is 9.64 Å². The highest BCUT2D eigenvalue weighted by Gasteiger charge is 2.25. The highest BCUT2D eigenvalue weighted by molar-refractivity contribution is 7.98. The van der Waals surface area contributed by atoms with Gasteiger partial charge in [-0.1, -0.05) is 11.8 Å². The van der Waals surface area contributed by atoms with Crippen molar-refractivity contribution in [3.05, 3.63) is 67.8 Å². The van der Waals surface area contributed by atoms with Gasteiger partial charge in [-0.25, -0.2) is 32.0 Å². The average Bonchev–Trinajstić information content (AvgIpc) is 3.28. The number of alkyl halides is 4. The number of anilines is 1. The highest BCUT2D eigenvalue weighted by Crippen LogP contribution is 2.31. The molecule has 0 unspecified atom stereocenters. The van der Waals surface area contributed by atoms with Gasteiger partial charge in [0.25, 0.3) is 18.0 Å². The summed E-state index contributed by atoms with van der Waals surface area (Å²) >= 11 is 1.21. The largest absolute Gasteiger partial charge is 0.378 e. The van der Waals surface area contributed by atoms with Crippen LogP contribution in [-0.2, 0) is 4.74 Å². The topological polar surface area (TPSA) is 106 Å². The molecule has 1 saturated heterocycles. The number of nitro groups is 1. The summed E-state index contributed by atoms with van der Waals surface area (Å²) in [5.41, 5.74) is -0.505. The number of ether oxygens (including phenoxy) is 1. The maximum Gasteiger partial charge on any atom is 0.348 e. The zero-order chi connectivity index (χ0) is 29.0. The van der Waals surface area contributed by atoms with Crippen molar-refractivity contribution in [3.8, 4) is 18.5 Å². The zero-order valence-corrected chi connectivity index (χ0v) is 22.1. The summed E-state index contributed by atoms with van der Waals surface area (Å²) in [7, 11) is 0. The molecule has 0 radical (unpaired) electrons. The summed E-state index contributed by atoms with van der Waals surface area (Å²) in [6.45, 7) is 5.75. The molecule has 1 aliphatic rings. The standard InChI is InChI=1S/C14H16F2N4O2S.C8H11F2NO2.C2H2/c1-23-14-18-17-13(21)20(14)11-3-2-9(8-10(11)12(15)16)19-4-6-22-7-5-19;1-4-7(11(12)13)5-6(2)8(3,9)10;1-2/h2-3,8,12H,4-7H2,1H3,(H,17,21);4-5H,1-3H3;1-2H/b;6-5+,7-4+;. The highest BCUT2D eigenvalue weighted by atomic mass is 32.2. The van der Waals surface area contributed by atoms with E-state index in [1.54, 1.807) is 18.4 Å². The molecule has 2 heterocycles. The van der Waals surface area contributed by atoms with E-state index in [0.717, 1.165) is 13.0 Å². The second-order valence-corrected chi connectivity index (χ2v) is 8.45. The van der Waals surface area contributed by atoms with Crippen LogP contribution in [0.3, 0.4) is 0 Å². The molecule has 1 aromatic heterocycles. The van der Waals surface area contributed by atoms with Crippen LogP contribution in [0.25, 0.3) is 5.69 Å². The van der Waals surface area contributed by atoms with E-state index in [1.165, 1.54) is 35.4 Å². The molecule has 38 heavy (non-hydrogen) atoms. The Labute approximate surface area is 221 Å². The van der Waals surface area contributed by atoms with Gasteiger partial charge in [-0.2, -0.15) is 0 Å². The maximum atomic E-state index is 13.5. The molecule has 0 amide bonds. The van der Waals surface area contributed by atoms with Crippen molar-refractivity contribution in [2.24, 2.45) is 0 Å². The van der Waals surface area contributed by atoms with Gasteiger partial charge in [0.2, 0.25) is 0 Å². The Morgan fingerprint density at radius 1 is 1.32 bits per heavy atom. The number of allylic oxidation sites excluding steroid dienone is 3. The summed E-state index contributed by atoms with van der Waals surface area (Å²) in [5, 5.41) is 16.7. The zero-order valence-electron chi connectivity index (χ0n) is 21.3. The molecule has 0 saturated carbocycles. The fraction of sp³-hybridized carbons (Fsp3) is 0.417. The van der Waals surface area contributed by atoms with E-state index in [1.807, 2.05) is 4.90 Å². The predicted octanol–water partition coefficient (Wildman–Crippen LogP) is 5.07. The van der Waals surface area contributed by atoms with E-state index < -0.39 is 23.0 Å². The molecule has 208 valence electrons. The van der Waals surface area contributed by atoms with Gasteiger partial charge in [0.05, 0.1) is 23.8 Å². The van der Waals surface area contributed by atoms with Crippen LogP contribution in [0.4, 0.5) is 23.2 Å². The Morgan fingerprint density at radius 3 is 2.39 bits per heavy atom. The fourth-order valence-electron chi connectivity index (χ4n) is 3.16. The first-order valence-electron chi connectivity index (χ1n) is 11.1. The first-order valence-corrected chi connectivity index (χ1v) is 12.3. The van der Waals surface area contributed by atoms with E-state index in [4.69, 9.17) is 4.74 Å². The first-order chi connectivity index (χ1) is 17.9. The third-order valence-electron chi connectivity index (χ3n) is 5.25. The van der Waals surface area contributed by atoms with Crippen molar-refractivity contribution < 1.29 is 27.2 Å². The Balaban J connectivity index is 0.000000413. The molecular formula is C24H29F4N5O4S. The van der Waals surface area contributed by atoms with Gasteiger partial charge in [0.1, 0.15) is 0 Å². The quantitative estimate of drug-likeness (QED) is 0.126. The molecule has 9 nitrogen and oxygen atoms in total. The van der Waals surface area contributed by atoms with E-state index in [9.17, 15) is 32.5 Å². The Bertz CT molecular complexity index is 1210. The summed E-state index contributed by atoms with van der Waals surface area (Å²) in [6, 6.07) is 4.73. The second-order valence-electron chi connectivity index (χ2n) is 7.68. The molecule has 1 fully saturated rings. The minimum Gasteiger partial charge on any atom is -0.378 e. The van der Waals surface area contributed by atoms with Crippen LogP contribution >= 0.6 is 11.8 Å². The van der Waals surface area contributed by atoms with Crippen LogP contribution in [0, 0.1) is 23.0 Å². The number of nitrogens with one attached hydrogen (secondary N) is 1. The lowest BCUT2D eigenvalue weighted by Crippen LogP contribution is -2.36. The molecule has 0 aliphatic carbocycles. The second kappa shape index (κ2) is 15.0. The SMILES string of the molecule is C#C.C/C=C(\C=C(/C)C(C)(F)F)[N+](=O)[O-].CSc1n[nH]c(=O)n1-c1ccc(N2CCOCC2)cc1C(F)F. The smallest absolute Gasteiger partial charge is 0.348 e. The van der Waals surface area contributed by atoms with Crippen molar-refractivity contribution in [1.82, 2.24) is 14.8 Å². The summed E-state index contributed by atoms with van der Waals surface area (Å²) in [6.07, 6.45) is 9.09. The fourth-order valence-corrected chi connectivity index (χ4v) is 3.66. The minimum absolute atomic E-state index is 0.153. The summed E-state index contributed by atoms with van der Waals surface area (Å²) in [5.74, 6) is -3.01. The molecule has 0 spiro atoms. The maximum absolute atomic E-state index is 13.5. The van der Waals surface area contributed by atoms with Crippen molar-refractivity contribution in [2.75, 3.05) is 37.5 Å². The number of morpholine rings is 1. The van der Waals surface area contributed by atoms with E-state index in [0.29, 0.717) is 44.1 Å². The number of aromatic amines is 1. The van der Waals surface area contributed by atoms with Crippen molar-refractivity contribution in [2.45, 2.75) is 38.3 Å². The lowest BCUT2D eigenvalue weighted by atomic mass is 10.1. The van der Waals surface area contributed by atoms with Gasteiger partial charge in [0.15, 0.2) is 5.16 Å². The van der Waals surface area contributed by atoms with Crippen LogP contribution in [-0.4, -0.2) is 58.2 Å². The monoisotopic (exact) mass is 559 g/mol. The van der Waals surface area contributed by atoms with Crippen LogP contribution in [0.5, 0.6) is 0 Å². The van der Waals surface area contributed by atoms with Crippen molar-refractivity contribution >= 4 is 17.4 Å². The minimum atomic E-state index is -3.01. The van der Waals surface area contributed by atoms with E-state index in [-0.39, 0.29) is 22.5 Å². The normalized spacial score (nSPS) is 14.3. The number of nitrogens with zero attached hydrogens (tertiary/aromatic N) is 4. The number of thioether (sulfide) groups is 1. The lowest BCUT2D eigenvalue weighted by molar-refractivity contribution is -0.419. The molecule has 0 atom stereocenters. The molecule has 14 heteroatoms. The van der Waals surface area contributed by atoms with Crippen LogP contribution in [0.15, 0.2) is 51.6 Å². The first kappa shape index (κ1) is 32.5. The Morgan fingerprint density at radius 2 is 1.92 bits per heavy atom. The molecule has 0 bridgehead atoms. The van der Waals surface area contributed by atoms with Gasteiger partial charge in [-0.15, -0.1) is 17.9 Å². The van der Waals surface area contributed by atoms with Crippen LogP contribution in [0.1, 0.15) is 32.8 Å². The average molecular weight is 560 g/mol. The number of hydrogen-bond acceptors (Lipinski definition) is 7. The third kappa shape index (κ3) is 8.77. The van der Waals surface area contributed by atoms with Crippen LogP contribution < -0.4 is 10.6 Å². The van der Waals surface area contributed by atoms with E-state index >= 15 is 0 Å². The van der Waals surface area contributed by atoms with Gasteiger partial charge >= 0.3 is 5.69 Å². The Hall–Kier alpha value is -3.57. The predicted molar refractivity (Wildman–Crippen MR) is 139 cm³/mol. The number of terminal acetylenes is 1. The molecule has 1 N–H and O–H groups in total. The number of halogens is 4. The molecule has 2 aromatic rings. The van der Waals surface area contributed by atoms with Crippen molar-refractivity contribution in [1.29, 1.82) is 0 Å². The molecular weight excluding hydrogens is 530 g/mol. The van der Waals surface area contributed by atoms with E-state index in [2.05, 4.69) is 23.0 Å². The summed E-state index contributed by atoms with van der Waals surface area (Å²) < 4.78 is 58.6. The molecule has 1 aromatic carbocycles. The van der Waals surface area contributed by atoms with Gasteiger partial charge in [-0.05, 0) is 44.4 Å². The number of H-pyrrole nitrogens is 1. The number of rotatable bonds is 7. The number of hydrogen-bond donors (Lipinski definition) is 1. The van der Waals surface area contributed by atoms with Crippen LogP contribution in [0.2, 0.25) is 0 Å². The number of aromatic nitrogens is 3. The molecule has 3 rings (SSSR count). The van der Waals surface area contributed by atoms with Gasteiger partial charge in [0, 0.05) is 42.9 Å².